The third-order valence-electron chi connectivity index (χ3n) is 4.25. The van der Waals surface area contributed by atoms with Gasteiger partial charge in [0.2, 0.25) is 0 Å². The van der Waals surface area contributed by atoms with Crippen molar-refractivity contribution in [1.29, 1.82) is 0 Å². The lowest BCUT2D eigenvalue weighted by Crippen LogP contribution is -2.40. The first kappa shape index (κ1) is 18.1. The SMILES string of the molecule is CC(CCN1CCOCC1)NC(=O)c1ccn(-c2cccc(Br)c2)n1. The minimum absolute atomic E-state index is 0.103. The van der Waals surface area contributed by atoms with Crippen LogP contribution in [-0.2, 0) is 4.74 Å². The molecule has 0 bridgehead atoms. The van der Waals surface area contributed by atoms with E-state index < -0.39 is 0 Å². The van der Waals surface area contributed by atoms with E-state index in [2.05, 4.69) is 31.2 Å². The first-order valence-electron chi connectivity index (χ1n) is 8.54. The number of halogens is 1. The smallest absolute Gasteiger partial charge is 0.271 e. The van der Waals surface area contributed by atoms with Crippen molar-refractivity contribution in [2.75, 3.05) is 32.8 Å². The zero-order valence-electron chi connectivity index (χ0n) is 14.3. The molecule has 2 heterocycles. The highest BCUT2D eigenvalue weighted by Gasteiger charge is 2.15. The number of morpholine rings is 1. The van der Waals surface area contributed by atoms with E-state index in [-0.39, 0.29) is 11.9 Å². The highest BCUT2D eigenvalue weighted by molar-refractivity contribution is 9.10. The molecule has 1 fully saturated rings. The normalized spacial score (nSPS) is 16.6. The van der Waals surface area contributed by atoms with Gasteiger partial charge >= 0.3 is 0 Å². The van der Waals surface area contributed by atoms with Gasteiger partial charge in [0, 0.05) is 36.3 Å². The van der Waals surface area contributed by atoms with Crippen LogP contribution in [0.2, 0.25) is 0 Å². The molecule has 25 heavy (non-hydrogen) atoms. The van der Waals surface area contributed by atoms with Crippen LogP contribution in [0, 0.1) is 0 Å². The molecule has 0 aliphatic carbocycles. The van der Waals surface area contributed by atoms with Gasteiger partial charge in [-0.2, -0.15) is 5.10 Å². The summed E-state index contributed by atoms with van der Waals surface area (Å²) in [6.07, 6.45) is 2.72. The van der Waals surface area contributed by atoms with Gasteiger partial charge in [0.25, 0.3) is 5.91 Å². The highest BCUT2D eigenvalue weighted by Crippen LogP contribution is 2.15. The van der Waals surface area contributed by atoms with Crippen LogP contribution in [0.5, 0.6) is 0 Å². The first-order chi connectivity index (χ1) is 12.1. The molecule has 1 atom stereocenters. The maximum Gasteiger partial charge on any atom is 0.271 e. The molecule has 1 N–H and O–H groups in total. The van der Waals surface area contributed by atoms with Crippen molar-refractivity contribution in [1.82, 2.24) is 20.0 Å². The quantitative estimate of drug-likeness (QED) is 0.800. The van der Waals surface area contributed by atoms with Crippen LogP contribution >= 0.6 is 15.9 Å². The number of hydrogen-bond acceptors (Lipinski definition) is 4. The molecule has 1 aromatic carbocycles. The van der Waals surface area contributed by atoms with Gasteiger partial charge in [-0.1, -0.05) is 22.0 Å². The second-order valence-electron chi connectivity index (χ2n) is 6.24. The summed E-state index contributed by atoms with van der Waals surface area (Å²) in [5, 5.41) is 7.41. The lowest BCUT2D eigenvalue weighted by Gasteiger charge is -2.27. The summed E-state index contributed by atoms with van der Waals surface area (Å²) in [6, 6.07) is 9.65. The Kier molecular flexibility index (Phi) is 6.23. The van der Waals surface area contributed by atoms with E-state index in [0.29, 0.717) is 5.69 Å². The van der Waals surface area contributed by atoms with Crippen molar-refractivity contribution in [3.63, 3.8) is 0 Å². The monoisotopic (exact) mass is 406 g/mol. The van der Waals surface area contributed by atoms with Gasteiger partial charge < -0.3 is 10.1 Å². The minimum atomic E-state index is -0.136. The van der Waals surface area contributed by atoms with Crippen molar-refractivity contribution in [3.05, 3.63) is 46.7 Å². The molecule has 0 saturated carbocycles. The Morgan fingerprint density at radius 2 is 2.16 bits per heavy atom. The Balaban J connectivity index is 1.52. The molecule has 0 radical (unpaired) electrons. The Bertz CT molecular complexity index is 713. The lowest BCUT2D eigenvalue weighted by atomic mass is 10.2. The summed E-state index contributed by atoms with van der Waals surface area (Å²) < 4.78 is 8.03. The topological polar surface area (TPSA) is 59.4 Å². The summed E-state index contributed by atoms with van der Waals surface area (Å²) in [4.78, 5) is 14.8. The number of aromatic nitrogens is 2. The molecule has 1 unspecified atom stereocenters. The van der Waals surface area contributed by atoms with Crippen LogP contribution in [-0.4, -0.2) is 59.5 Å². The molecular weight excluding hydrogens is 384 g/mol. The van der Waals surface area contributed by atoms with E-state index >= 15 is 0 Å². The first-order valence-corrected chi connectivity index (χ1v) is 9.34. The summed E-state index contributed by atoms with van der Waals surface area (Å²) in [7, 11) is 0. The lowest BCUT2D eigenvalue weighted by molar-refractivity contribution is 0.0363. The molecular formula is C18H23BrN4O2. The predicted molar refractivity (Wildman–Crippen MR) is 100 cm³/mol. The molecule has 2 aromatic rings. The standard InChI is InChI=1S/C18H23BrN4O2/c1-14(5-7-22-9-11-25-12-10-22)20-18(24)17-6-8-23(21-17)16-4-2-3-15(19)13-16/h2-4,6,8,13-14H,5,7,9-12H2,1H3,(H,20,24). The second kappa shape index (κ2) is 8.60. The van der Waals surface area contributed by atoms with Crippen molar-refractivity contribution < 1.29 is 9.53 Å². The van der Waals surface area contributed by atoms with E-state index in [0.717, 1.165) is 49.4 Å². The molecule has 1 saturated heterocycles. The fraction of sp³-hybridized carbons (Fsp3) is 0.444. The molecule has 3 rings (SSSR count). The molecule has 1 amide bonds. The summed E-state index contributed by atoms with van der Waals surface area (Å²) >= 11 is 3.45. The highest BCUT2D eigenvalue weighted by atomic mass is 79.9. The van der Waals surface area contributed by atoms with Gasteiger partial charge in [0.1, 0.15) is 0 Å². The average Bonchev–Trinajstić information content (AvgIpc) is 3.11. The molecule has 134 valence electrons. The van der Waals surface area contributed by atoms with Gasteiger partial charge in [-0.15, -0.1) is 0 Å². The van der Waals surface area contributed by atoms with Crippen LogP contribution in [0.15, 0.2) is 41.0 Å². The van der Waals surface area contributed by atoms with E-state index in [1.54, 1.807) is 16.9 Å². The Morgan fingerprint density at radius 1 is 1.36 bits per heavy atom. The van der Waals surface area contributed by atoms with Gasteiger partial charge in [-0.25, -0.2) is 4.68 Å². The van der Waals surface area contributed by atoms with Crippen LogP contribution in [0.1, 0.15) is 23.8 Å². The molecule has 1 aromatic heterocycles. The Labute approximate surface area is 156 Å². The molecule has 6 nitrogen and oxygen atoms in total. The number of benzene rings is 1. The summed E-state index contributed by atoms with van der Waals surface area (Å²) in [5.74, 6) is -0.136. The number of nitrogens with zero attached hydrogens (tertiary/aromatic N) is 3. The Morgan fingerprint density at radius 3 is 2.92 bits per heavy atom. The minimum Gasteiger partial charge on any atom is -0.379 e. The number of carbonyl (C=O) groups excluding carboxylic acids is 1. The number of rotatable bonds is 6. The number of hydrogen-bond donors (Lipinski definition) is 1. The summed E-state index contributed by atoms with van der Waals surface area (Å²) in [6.45, 7) is 6.54. The van der Waals surface area contributed by atoms with Crippen molar-refractivity contribution in [3.8, 4) is 5.69 Å². The summed E-state index contributed by atoms with van der Waals surface area (Å²) in [5.41, 5.74) is 1.34. The fourth-order valence-electron chi connectivity index (χ4n) is 2.78. The fourth-order valence-corrected chi connectivity index (χ4v) is 3.17. The van der Waals surface area contributed by atoms with E-state index in [4.69, 9.17) is 4.74 Å². The van der Waals surface area contributed by atoms with Crippen LogP contribution in [0.4, 0.5) is 0 Å². The molecule has 0 spiro atoms. The van der Waals surface area contributed by atoms with Crippen molar-refractivity contribution >= 4 is 21.8 Å². The van der Waals surface area contributed by atoms with E-state index in [9.17, 15) is 4.79 Å². The van der Waals surface area contributed by atoms with Gasteiger partial charge in [0.05, 0.1) is 18.9 Å². The maximum absolute atomic E-state index is 12.4. The number of nitrogens with one attached hydrogen (secondary N) is 1. The number of carbonyl (C=O) groups is 1. The third-order valence-corrected chi connectivity index (χ3v) is 4.75. The van der Waals surface area contributed by atoms with E-state index in [1.165, 1.54) is 0 Å². The van der Waals surface area contributed by atoms with Crippen molar-refractivity contribution in [2.24, 2.45) is 0 Å². The average molecular weight is 407 g/mol. The van der Waals surface area contributed by atoms with Crippen molar-refractivity contribution in [2.45, 2.75) is 19.4 Å². The predicted octanol–water partition coefficient (Wildman–Crippen LogP) is 2.48. The zero-order chi connectivity index (χ0) is 17.6. The third kappa shape index (κ3) is 5.14. The molecule has 7 heteroatoms. The molecule has 1 aliphatic rings. The number of ether oxygens (including phenoxy) is 1. The number of amides is 1. The largest absolute Gasteiger partial charge is 0.379 e. The second-order valence-corrected chi connectivity index (χ2v) is 7.16. The van der Waals surface area contributed by atoms with Gasteiger partial charge in [-0.05, 0) is 37.6 Å². The van der Waals surface area contributed by atoms with E-state index in [1.807, 2.05) is 31.2 Å². The Hall–Kier alpha value is -1.70. The van der Waals surface area contributed by atoms with Gasteiger partial charge in [-0.3, -0.25) is 9.69 Å². The van der Waals surface area contributed by atoms with Crippen LogP contribution in [0.3, 0.4) is 0 Å². The van der Waals surface area contributed by atoms with Crippen LogP contribution < -0.4 is 5.32 Å². The zero-order valence-corrected chi connectivity index (χ0v) is 15.9. The van der Waals surface area contributed by atoms with Crippen LogP contribution in [0.25, 0.3) is 5.69 Å². The van der Waals surface area contributed by atoms with Gasteiger partial charge in [0.15, 0.2) is 5.69 Å². The maximum atomic E-state index is 12.4. The molecule has 1 aliphatic heterocycles.